The molecule has 0 aliphatic rings. The maximum Gasteiger partial charge on any atom is 0.226 e. The minimum atomic E-state index is -0.107. The molecule has 1 heterocycles. The Bertz CT molecular complexity index is 908. The fourth-order valence-corrected chi connectivity index (χ4v) is 2.76. The molecule has 1 N–H and O–H groups in total. The molecule has 0 unspecified atom stereocenters. The van der Waals surface area contributed by atoms with E-state index >= 15 is 0 Å². The first-order valence-corrected chi connectivity index (χ1v) is 8.11. The van der Waals surface area contributed by atoms with Crippen LogP contribution in [0.2, 0.25) is 5.02 Å². The number of benzene rings is 2. The second kappa shape index (κ2) is 7.44. The number of anilines is 1. The van der Waals surface area contributed by atoms with Crippen molar-refractivity contribution in [3.05, 3.63) is 47.6 Å². The number of nitrogens with zero attached hydrogens (tertiary/aromatic N) is 2. The number of carbonyl (C=O) groups excluding carboxylic acids is 1. The second-order valence-electron chi connectivity index (χ2n) is 5.44. The normalized spacial score (nSPS) is 10.7. The van der Waals surface area contributed by atoms with Crippen molar-refractivity contribution in [2.75, 3.05) is 19.5 Å². The summed E-state index contributed by atoms with van der Waals surface area (Å²) in [4.78, 5) is 12.2. The van der Waals surface area contributed by atoms with E-state index in [-0.39, 0.29) is 5.91 Å². The highest BCUT2D eigenvalue weighted by Crippen LogP contribution is 2.29. The maximum atomic E-state index is 12.2. The number of hydrogen-bond acceptors (Lipinski definition) is 4. The Hall–Kier alpha value is -2.73. The van der Waals surface area contributed by atoms with Gasteiger partial charge in [0.1, 0.15) is 0 Å². The van der Waals surface area contributed by atoms with Gasteiger partial charge in [0.05, 0.1) is 32.5 Å². The van der Waals surface area contributed by atoms with Crippen LogP contribution < -0.4 is 14.8 Å². The average Bonchev–Trinajstić information content (AvgIpc) is 3.01. The van der Waals surface area contributed by atoms with Gasteiger partial charge in [-0.05, 0) is 30.3 Å². The van der Waals surface area contributed by atoms with E-state index in [1.807, 2.05) is 18.2 Å². The molecule has 0 saturated heterocycles. The Kier molecular flexibility index (Phi) is 5.09. The van der Waals surface area contributed by atoms with Crippen molar-refractivity contribution in [2.24, 2.45) is 0 Å². The number of fused-ring (bicyclic) bond motifs is 1. The lowest BCUT2D eigenvalue weighted by Gasteiger charge is -2.10. The van der Waals surface area contributed by atoms with Gasteiger partial charge in [0.15, 0.2) is 11.5 Å². The van der Waals surface area contributed by atoms with E-state index in [9.17, 15) is 4.79 Å². The molecule has 0 saturated carbocycles. The summed E-state index contributed by atoms with van der Waals surface area (Å²) in [5.74, 6) is 1.07. The van der Waals surface area contributed by atoms with Crippen LogP contribution in [0.5, 0.6) is 11.5 Å². The summed E-state index contributed by atoms with van der Waals surface area (Å²) in [6, 6.07) is 10.8. The zero-order chi connectivity index (χ0) is 17.8. The molecule has 7 heteroatoms. The Morgan fingerprint density at radius 1 is 1.16 bits per heavy atom. The van der Waals surface area contributed by atoms with Gasteiger partial charge in [-0.15, -0.1) is 0 Å². The van der Waals surface area contributed by atoms with Gasteiger partial charge >= 0.3 is 0 Å². The van der Waals surface area contributed by atoms with Crippen LogP contribution in [0.1, 0.15) is 6.42 Å². The lowest BCUT2D eigenvalue weighted by atomic mass is 10.2. The van der Waals surface area contributed by atoms with Gasteiger partial charge in [0.25, 0.3) is 0 Å². The average molecular weight is 360 g/mol. The Morgan fingerprint density at radius 2 is 1.96 bits per heavy atom. The standard InChI is InChI=1S/C18H18ClN3O3/c1-24-16-6-4-14(10-17(16)25-2)21-18(23)7-8-22-15-5-3-13(19)9-12(15)11-20-22/h3-6,9-11H,7-8H2,1-2H3,(H,21,23). The van der Waals surface area contributed by atoms with Crippen molar-refractivity contribution >= 4 is 34.1 Å². The molecule has 0 fully saturated rings. The van der Waals surface area contributed by atoms with Crippen LogP contribution in [0.15, 0.2) is 42.6 Å². The molecular formula is C18H18ClN3O3. The molecule has 0 radical (unpaired) electrons. The molecule has 0 bridgehead atoms. The number of aromatic nitrogens is 2. The Labute approximate surface area is 150 Å². The van der Waals surface area contributed by atoms with Gasteiger partial charge < -0.3 is 14.8 Å². The van der Waals surface area contributed by atoms with Crippen LogP contribution in [-0.2, 0) is 11.3 Å². The first-order chi connectivity index (χ1) is 12.1. The Morgan fingerprint density at radius 3 is 2.72 bits per heavy atom. The zero-order valence-corrected chi connectivity index (χ0v) is 14.7. The number of amides is 1. The van der Waals surface area contributed by atoms with Crippen molar-refractivity contribution in [2.45, 2.75) is 13.0 Å². The molecule has 0 aliphatic carbocycles. The largest absolute Gasteiger partial charge is 0.493 e. The number of hydrogen-bond donors (Lipinski definition) is 1. The smallest absolute Gasteiger partial charge is 0.226 e. The molecule has 1 aromatic heterocycles. The first kappa shape index (κ1) is 17.1. The van der Waals surface area contributed by atoms with Crippen LogP contribution in [0.3, 0.4) is 0 Å². The predicted octanol–water partition coefficient (Wildman–Crippen LogP) is 3.74. The van der Waals surface area contributed by atoms with Gasteiger partial charge in [-0.1, -0.05) is 11.6 Å². The highest BCUT2D eigenvalue weighted by Gasteiger charge is 2.09. The third kappa shape index (κ3) is 3.85. The number of rotatable bonds is 6. The summed E-state index contributed by atoms with van der Waals surface area (Å²) in [5.41, 5.74) is 1.60. The number of methoxy groups -OCH3 is 2. The fourth-order valence-electron chi connectivity index (χ4n) is 2.58. The van der Waals surface area contributed by atoms with Crippen molar-refractivity contribution in [1.29, 1.82) is 0 Å². The number of nitrogens with one attached hydrogen (secondary N) is 1. The molecule has 0 spiro atoms. The van der Waals surface area contributed by atoms with Crippen molar-refractivity contribution < 1.29 is 14.3 Å². The third-order valence-corrected chi connectivity index (χ3v) is 4.06. The fraction of sp³-hybridized carbons (Fsp3) is 0.222. The molecular weight excluding hydrogens is 342 g/mol. The summed E-state index contributed by atoms with van der Waals surface area (Å²) < 4.78 is 12.2. The zero-order valence-electron chi connectivity index (χ0n) is 14.0. The van der Waals surface area contributed by atoms with Crippen LogP contribution in [0.25, 0.3) is 10.9 Å². The summed E-state index contributed by atoms with van der Waals surface area (Å²) >= 11 is 5.97. The highest BCUT2D eigenvalue weighted by atomic mass is 35.5. The third-order valence-electron chi connectivity index (χ3n) is 3.82. The van der Waals surface area contributed by atoms with E-state index in [1.54, 1.807) is 43.3 Å². The van der Waals surface area contributed by atoms with Gasteiger partial charge in [-0.2, -0.15) is 5.10 Å². The lowest BCUT2D eigenvalue weighted by molar-refractivity contribution is -0.116. The molecule has 2 aromatic carbocycles. The van der Waals surface area contributed by atoms with E-state index in [0.29, 0.717) is 35.2 Å². The molecule has 3 aromatic rings. The summed E-state index contributed by atoms with van der Waals surface area (Å²) in [6.07, 6.45) is 2.04. The number of aryl methyl sites for hydroxylation is 1. The molecule has 3 rings (SSSR count). The Balaban J connectivity index is 1.64. The SMILES string of the molecule is COc1ccc(NC(=O)CCn2ncc3cc(Cl)ccc32)cc1OC. The van der Waals surface area contributed by atoms with E-state index in [2.05, 4.69) is 10.4 Å². The van der Waals surface area contributed by atoms with Crippen LogP contribution in [0.4, 0.5) is 5.69 Å². The highest BCUT2D eigenvalue weighted by molar-refractivity contribution is 6.31. The molecule has 0 atom stereocenters. The summed E-state index contributed by atoms with van der Waals surface area (Å²) in [5, 5.41) is 8.77. The second-order valence-corrected chi connectivity index (χ2v) is 5.88. The maximum absolute atomic E-state index is 12.2. The molecule has 0 aliphatic heterocycles. The van der Waals surface area contributed by atoms with E-state index in [1.165, 1.54) is 0 Å². The number of halogens is 1. The van der Waals surface area contributed by atoms with Crippen LogP contribution >= 0.6 is 11.6 Å². The number of ether oxygens (including phenoxy) is 2. The van der Waals surface area contributed by atoms with E-state index < -0.39 is 0 Å². The molecule has 6 nitrogen and oxygen atoms in total. The van der Waals surface area contributed by atoms with Crippen molar-refractivity contribution in [1.82, 2.24) is 9.78 Å². The summed E-state index contributed by atoms with van der Waals surface area (Å²) in [7, 11) is 3.12. The monoisotopic (exact) mass is 359 g/mol. The first-order valence-electron chi connectivity index (χ1n) is 7.73. The van der Waals surface area contributed by atoms with Crippen LogP contribution in [-0.4, -0.2) is 29.9 Å². The van der Waals surface area contributed by atoms with E-state index in [4.69, 9.17) is 21.1 Å². The minimum Gasteiger partial charge on any atom is -0.493 e. The molecule has 25 heavy (non-hydrogen) atoms. The predicted molar refractivity (Wildman–Crippen MR) is 97.5 cm³/mol. The topological polar surface area (TPSA) is 65.4 Å². The minimum absolute atomic E-state index is 0.107. The van der Waals surface area contributed by atoms with Gasteiger partial charge in [-0.3, -0.25) is 9.48 Å². The van der Waals surface area contributed by atoms with Gasteiger partial charge in [0.2, 0.25) is 5.91 Å². The van der Waals surface area contributed by atoms with Gasteiger partial charge in [0, 0.05) is 28.6 Å². The van der Waals surface area contributed by atoms with E-state index in [0.717, 1.165) is 10.9 Å². The van der Waals surface area contributed by atoms with Crippen molar-refractivity contribution in [3.63, 3.8) is 0 Å². The lowest BCUT2D eigenvalue weighted by Crippen LogP contribution is -2.15. The van der Waals surface area contributed by atoms with Crippen molar-refractivity contribution in [3.8, 4) is 11.5 Å². The molecule has 130 valence electrons. The molecule has 1 amide bonds. The number of carbonyl (C=O) groups is 1. The summed E-state index contributed by atoms with van der Waals surface area (Å²) in [6.45, 7) is 0.476. The van der Waals surface area contributed by atoms with Gasteiger partial charge in [-0.25, -0.2) is 0 Å². The quantitative estimate of drug-likeness (QED) is 0.728. The van der Waals surface area contributed by atoms with Crippen LogP contribution in [0, 0.1) is 0 Å².